The van der Waals surface area contributed by atoms with E-state index in [0.29, 0.717) is 23.2 Å². The van der Waals surface area contributed by atoms with Crippen molar-refractivity contribution in [2.75, 3.05) is 19.7 Å². The molecule has 2 aliphatic heterocycles. The van der Waals surface area contributed by atoms with Gasteiger partial charge in [-0.3, -0.25) is 4.90 Å². The SMILES string of the molecule is CC(C)[Si](Oc1ccc2c(c1)OC[C@H](N1CCC(Cc3ccccc3)CC1)[C@@H]2O)(C(C)C)C(C)C. The molecular formula is C30H45NO3Si. The first kappa shape index (κ1) is 26.2. The summed E-state index contributed by atoms with van der Waals surface area (Å²) >= 11 is 0. The Labute approximate surface area is 213 Å². The molecule has 2 aliphatic rings. The molecule has 4 nitrogen and oxygen atoms in total. The maximum atomic E-state index is 11.3. The summed E-state index contributed by atoms with van der Waals surface area (Å²) in [6, 6.07) is 16.9. The molecule has 2 aromatic rings. The van der Waals surface area contributed by atoms with Crippen LogP contribution < -0.4 is 9.16 Å². The van der Waals surface area contributed by atoms with Gasteiger partial charge in [0.1, 0.15) is 24.2 Å². The number of aliphatic hydroxyl groups excluding tert-OH is 1. The first-order valence-corrected chi connectivity index (χ1v) is 15.8. The second-order valence-electron chi connectivity index (χ2n) is 11.6. The topological polar surface area (TPSA) is 41.9 Å². The molecule has 2 atom stereocenters. The third-order valence-electron chi connectivity index (χ3n) is 8.56. The molecule has 0 amide bonds. The number of likely N-dealkylation sites (tertiary alicyclic amines) is 1. The van der Waals surface area contributed by atoms with E-state index in [1.54, 1.807) is 0 Å². The first-order chi connectivity index (χ1) is 16.7. The third-order valence-corrected chi connectivity index (χ3v) is 14.6. The van der Waals surface area contributed by atoms with Crippen molar-refractivity contribution in [3.05, 3.63) is 59.7 Å². The van der Waals surface area contributed by atoms with Crippen molar-refractivity contribution in [2.45, 2.75) is 89.6 Å². The second kappa shape index (κ2) is 11.1. The lowest BCUT2D eigenvalue weighted by atomic mass is 9.88. The van der Waals surface area contributed by atoms with E-state index in [4.69, 9.17) is 9.16 Å². The number of hydrogen-bond acceptors (Lipinski definition) is 4. The Kier molecular flexibility index (Phi) is 8.29. The Morgan fingerprint density at radius 3 is 2.17 bits per heavy atom. The van der Waals surface area contributed by atoms with Gasteiger partial charge < -0.3 is 14.3 Å². The minimum Gasteiger partial charge on any atom is -0.543 e. The summed E-state index contributed by atoms with van der Waals surface area (Å²) in [5.41, 5.74) is 3.86. The molecule has 0 bridgehead atoms. The number of piperidine rings is 1. The number of rotatable bonds is 8. The molecule has 1 fully saturated rings. The predicted molar refractivity (Wildman–Crippen MR) is 147 cm³/mol. The van der Waals surface area contributed by atoms with Gasteiger partial charge in [-0.2, -0.15) is 0 Å². The summed E-state index contributed by atoms with van der Waals surface area (Å²) in [5.74, 6) is 2.39. The normalized spacial score (nSPS) is 21.9. The minimum atomic E-state index is -2.03. The fourth-order valence-corrected chi connectivity index (χ4v) is 12.0. The summed E-state index contributed by atoms with van der Waals surface area (Å²) in [7, 11) is -2.03. The van der Waals surface area contributed by atoms with Gasteiger partial charge in [-0.25, -0.2) is 0 Å². The van der Waals surface area contributed by atoms with Gasteiger partial charge in [-0.15, -0.1) is 0 Å². The highest BCUT2D eigenvalue weighted by Crippen LogP contribution is 2.44. The van der Waals surface area contributed by atoms with Gasteiger partial charge in [0, 0.05) is 11.6 Å². The van der Waals surface area contributed by atoms with Gasteiger partial charge in [0.25, 0.3) is 8.32 Å². The van der Waals surface area contributed by atoms with Crippen LogP contribution in [0, 0.1) is 5.92 Å². The lowest BCUT2D eigenvalue weighted by Crippen LogP contribution is -2.51. The molecule has 5 heteroatoms. The number of aliphatic hydroxyl groups is 1. The highest BCUT2D eigenvalue weighted by Gasteiger charge is 2.47. The van der Waals surface area contributed by atoms with Crippen LogP contribution in [0.1, 0.15) is 71.6 Å². The molecule has 0 spiro atoms. The van der Waals surface area contributed by atoms with Crippen LogP contribution in [-0.4, -0.2) is 44.1 Å². The van der Waals surface area contributed by atoms with Crippen molar-refractivity contribution in [1.29, 1.82) is 0 Å². The van der Waals surface area contributed by atoms with Gasteiger partial charge in [-0.05, 0) is 72.6 Å². The zero-order chi connectivity index (χ0) is 25.2. The minimum absolute atomic E-state index is 0.0161. The molecule has 0 aromatic heterocycles. The van der Waals surface area contributed by atoms with Gasteiger partial charge in [0.15, 0.2) is 0 Å². The van der Waals surface area contributed by atoms with E-state index in [-0.39, 0.29) is 6.04 Å². The van der Waals surface area contributed by atoms with Crippen LogP contribution in [0.2, 0.25) is 16.6 Å². The van der Waals surface area contributed by atoms with E-state index in [9.17, 15) is 5.11 Å². The summed E-state index contributed by atoms with van der Waals surface area (Å²) in [5, 5.41) is 11.3. The summed E-state index contributed by atoms with van der Waals surface area (Å²) in [6.45, 7) is 16.4. The molecule has 0 unspecified atom stereocenters. The van der Waals surface area contributed by atoms with Crippen molar-refractivity contribution in [1.82, 2.24) is 4.90 Å². The summed E-state index contributed by atoms with van der Waals surface area (Å²) in [6.07, 6.45) is 2.97. The maximum absolute atomic E-state index is 11.3. The lowest BCUT2D eigenvalue weighted by molar-refractivity contribution is -0.0108. The van der Waals surface area contributed by atoms with Crippen LogP contribution in [0.4, 0.5) is 0 Å². The number of benzene rings is 2. The average Bonchev–Trinajstić information content (AvgIpc) is 2.83. The molecule has 4 rings (SSSR count). The average molecular weight is 496 g/mol. The monoisotopic (exact) mass is 495 g/mol. The summed E-state index contributed by atoms with van der Waals surface area (Å²) < 4.78 is 13.1. The quantitative estimate of drug-likeness (QED) is 0.401. The second-order valence-corrected chi connectivity index (χ2v) is 17.0. The Morgan fingerprint density at radius 2 is 1.57 bits per heavy atom. The molecule has 1 N–H and O–H groups in total. The van der Waals surface area contributed by atoms with Crippen LogP contribution in [-0.2, 0) is 6.42 Å². The van der Waals surface area contributed by atoms with Crippen LogP contribution in [0.15, 0.2) is 48.5 Å². The Balaban J connectivity index is 1.41. The molecule has 2 heterocycles. The molecular weight excluding hydrogens is 450 g/mol. The van der Waals surface area contributed by atoms with Crippen molar-refractivity contribution in [2.24, 2.45) is 5.92 Å². The van der Waals surface area contributed by atoms with Gasteiger partial charge in [0.2, 0.25) is 0 Å². The van der Waals surface area contributed by atoms with E-state index in [0.717, 1.165) is 42.5 Å². The third kappa shape index (κ3) is 5.47. The fraction of sp³-hybridized carbons (Fsp3) is 0.600. The number of hydrogen-bond donors (Lipinski definition) is 1. The highest BCUT2D eigenvalue weighted by atomic mass is 28.4. The van der Waals surface area contributed by atoms with E-state index in [1.165, 1.54) is 18.4 Å². The molecule has 192 valence electrons. The van der Waals surface area contributed by atoms with Crippen LogP contribution in [0.25, 0.3) is 0 Å². The Hall–Kier alpha value is -1.82. The Morgan fingerprint density at radius 1 is 0.943 bits per heavy atom. The smallest absolute Gasteiger partial charge is 0.258 e. The highest BCUT2D eigenvalue weighted by molar-refractivity contribution is 6.78. The van der Waals surface area contributed by atoms with E-state index in [1.807, 2.05) is 12.1 Å². The van der Waals surface area contributed by atoms with Gasteiger partial charge >= 0.3 is 0 Å². The Bertz CT molecular complexity index is 932. The molecule has 0 radical (unpaired) electrons. The van der Waals surface area contributed by atoms with Crippen molar-refractivity contribution < 1.29 is 14.3 Å². The molecule has 0 saturated carbocycles. The van der Waals surface area contributed by atoms with E-state index in [2.05, 4.69) is 82.8 Å². The molecule has 35 heavy (non-hydrogen) atoms. The first-order valence-electron chi connectivity index (χ1n) is 13.6. The number of nitrogens with zero attached hydrogens (tertiary/aromatic N) is 1. The zero-order valence-corrected chi connectivity index (χ0v) is 23.5. The van der Waals surface area contributed by atoms with E-state index < -0.39 is 14.4 Å². The van der Waals surface area contributed by atoms with Crippen LogP contribution in [0.3, 0.4) is 0 Å². The van der Waals surface area contributed by atoms with Crippen molar-refractivity contribution in [3.8, 4) is 11.5 Å². The number of ether oxygens (including phenoxy) is 1. The predicted octanol–water partition coefficient (Wildman–Crippen LogP) is 6.99. The largest absolute Gasteiger partial charge is 0.543 e. The van der Waals surface area contributed by atoms with Gasteiger partial charge in [0.05, 0.1) is 6.04 Å². The lowest BCUT2D eigenvalue weighted by Gasteiger charge is -2.43. The van der Waals surface area contributed by atoms with Crippen molar-refractivity contribution >= 4 is 8.32 Å². The molecule has 0 aliphatic carbocycles. The van der Waals surface area contributed by atoms with Crippen LogP contribution >= 0.6 is 0 Å². The zero-order valence-electron chi connectivity index (χ0n) is 22.5. The molecule has 2 aromatic carbocycles. The molecule has 1 saturated heterocycles. The van der Waals surface area contributed by atoms with Crippen LogP contribution in [0.5, 0.6) is 11.5 Å². The maximum Gasteiger partial charge on any atom is 0.258 e. The summed E-state index contributed by atoms with van der Waals surface area (Å²) in [4.78, 5) is 2.44. The standard InChI is InChI=1S/C30H45NO3Si/c1-21(2)35(22(3)4,23(5)6)34-26-12-13-27-29(19-26)33-20-28(30(27)32)31-16-14-25(15-17-31)18-24-10-8-7-9-11-24/h7-13,19,21-23,25,28,30,32H,14-18,20H2,1-6H3/t28-,30+/m0/s1. The van der Waals surface area contributed by atoms with E-state index >= 15 is 0 Å². The van der Waals surface area contributed by atoms with Gasteiger partial charge in [-0.1, -0.05) is 71.9 Å². The van der Waals surface area contributed by atoms with Crippen molar-refractivity contribution in [3.63, 3.8) is 0 Å². The fourth-order valence-electron chi connectivity index (χ4n) is 6.72. The number of fused-ring (bicyclic) bond motifs is 1.